The van der Waals surface area contributed by atoms with Crippen molar-refractivity contribution in [1.82, 2.24) is 0 Å². The fourth-order valence-corrected chi connectivity index (χ4v) is 4.06. The average molecular weight is 367 g/mol. The zero-order valence-corrected chi connectivity index (χ0v) is 15.1. The summed E-state index contributed by atoms with van der Waals surface area (Å²) < 4.78 is 9.95. The second kappa shape index (κ2) is 7.59. The van der Waals surface area contributed by atoms with Crippen LogP contribution >= 0.6 is 22.7 Å². The van der Waals surface area contributed by atoms with Crippen molar-refractivity contribution in [1.29, 1.82) is 0 Å². The van der Waals surface area contributed by atoms with E-state index in [9.17, 15) is 14.4 Å². The summed E-state index contributed by atoms with van der Waals surface area (Å²) in [7, 11) is 0. The Labute approximate surface area is 147 Å². The zero-order valence-electron chi connectivity index (χ0n) is 13.5. The monoisotopic (exact) mass is 367 g/mol. The second-order valence-electron chi connectivity index (χ2n) is 4.74. The summed E-state index contributed by atoms with van der Waals surface area (Å²) in [4.78, 5) is 37.4. The Morgan fingerprint density at radius 1 is 0.958 bits per heavy atom. The van der Waals surface area contributed by atoms with E-state index < -0.39 is 11.9 Å². The van der Waals surface area contributed by atoms with Gasteiger partial charge < -0.3 is 15.2 Å². The molecule has 0 amide bonds. The molecule has 2 heterocycles. The molecule has 24 heavy (non-hydrogen) atoms. The van der Waals surface area contributed by atoms with Crippen LogP contribution in [-0.4, -0.2) is 30.9 Å². The lowest BCUT2D eigenvalue weighted by Crippen LogP contribution is -2.07. The van der Waals surface area contributed by atoms with Crippen molar-refractivity contribution in [2.75, 3.05) is 18.9 Å². The van der Waals surface area contributed by atoms with E-state index in [1.807, 2.05) is 0 Å². The first-order valence-corrected chi connectivity index (χ1v) is 8.91. The Bertz CT molecular complexity index is 790. The van der Waals surface area contributed by atoms with Gasteiger partial charge in [0.1, 0.15) is 5.00 Å². The Hall–Kier alpha value is -2.19. The minimum atomic E-state index is -0.541. The molecule has 2 aromatic rings. The van der Waals surface area contributed by atoms with Crippen molar-refractivity contribution >= 4 is 45.4 Å². The van der Waals surface area contributed by atoms with Crippen LogP contribution in [0.5, 0.6) is 0 Å². The molecule has 0 saturated carbocycles. The molecule has 128 valence electrons. The lowest BCUT2D eigenvalue weighted by Gasteiger charge is -2.00. The number of ether oxygens (including phenoxy) is 2. The molecule has 0 fully saturated rings. The number of Topliss-reactive ketones (excluding diaryl/α,β-unsaturated/α-hetero) is 1. The summed E-state index contributed by atoms with van der Waals surface area (Å²) in [6.45, 7) is 5.28. The highest BCUT2D eigenvalue weighted by atomic mass is 32.1. The van der Waals surface area contributed by atoms with Gasteiger partial charge >= 0.3 is 11.9 Å². The maximum absolute atomic E-state index is 12.0. The molecule has 0 aliphatic carbocycles. The standard InChI is InChI=1S/C16H17NO5S2/c1-4-21-15(19)9-6-11(23-13(9)8(3)18)12-7-10(14(17)24-12)16(20)22-5-2/h6-7H,4-5,17H2,1-3H3. The van der Waals surface area contributed by atoms with Crippen molar-refractivity contribution in [2.24, 2.45) is 0 Å². The first kappa shape index (κ1) is 18.2. The third-order valence-electron chi connectivity index (χ3n) is 3.05. The van der Waals surface area contributed by atoms with Gasteiger partial charge in [0.15, 0.2) is 5.78 Å². The van der Waals surface area contributed by atoms with Gasteiger partial charge in [0.05, 0.1) is 29.2 Å². The van der Waals surface area contributed by atoms with Gasteiger partial charge in [-0.3, -0.25) is 4.79 Å². The summed E-state index contributed by atoms with van der Waals surface area (Å²) in [6.07, 6.45) is 0. The van der Waals surface area contributed by atoms with E-state index >= 15 is 0 Å². The van der Waals surface area contributed by atoms with Crippen LogP contribution in [0.1, 0.15) is 51.2 Å². The summed E-state index contributed by atoms with van der Waals surface area (Å²) in [5.74, 6) is -1.25. The Morgan fingerprint density at radius 2 is 1.46 bits per heavy atom. The van der Waals surface area contributed by atoms with Gasteiger partial charge in [-0.15, -0.1) is 22.7 Å². The molecule has 2 N–H and O–H groups in total. The summed E-state index contributed by atoms with van der Waals surface area (Å²) in [5.41, 5.74) is 6.40. The van der Waals surface area contributed by atoms with Crippen LogP contribution in [0.25, 0.3) is 9.75 Å². The highest BCUT2D eigenvalue weighted by Gasteiger charge is 2.23. The molecule has 0 saturated heterocycles. The Kier molecular flexibility index (Phi) is 5.74. The topological polar surface area (TPSA) is 95.7 Å². The molecule has 0 spiro atoms. The number of rotatable bonds is 6. The van der Waals surface area contributed by atoms with Crippen LogP contribution < -0.4 is 5.73 Å². The number of nitrogens with two attached hydrogens (primary N) is 1. The third kappa shape index (κ3) is 3.65. The number of carbonyl (C=O) groups is 3. The lowest BCUT2D eigenvalue weighted by molar-refractivity contribution is 0.0517. The molecular formula is C16H17NO5S2. The van der Waals surface area contributed by atoms with Gasteiger partial charge in [-0.25, -0.2) is 9.59 Å². The quantitative estimate of drug-likeness (QED) is 0.619. The van der Waals surface area contributed by atoms with Crippen LogP contribution in [0.3, 0.4) is 0 Å². The fourth-order valence-electron chi connectivity index (χ4n) is 2.03. The van der Waals surface area contributed by atoms with Crippen molar-refractivity contribution in [3.05, 3.63) is 28.1 Å². The molecule has 8 heteroatoms. The molecule has 0 atom stereocenters. The van der Waals surface area contributed by atoms with Gasteiger partial charge in [-0.05, 0) is 32.9 Å². The van der Waals surface area contributed by atoms with Gasteiger partial charge in [-0.2, -0.15) is 0 Å². The Balaban J connectivity index is 2.44. The van der Waals surface area contributed by atoms with Crippen molar-refractivity contribution < 1.29 is 23.9 Å². The molecule has 0 aliphatic heterocycles. The van der Waals surface area contributed by atoms with E-state index in [-0.39, 0.29) is 30.1 Å². The van der Waals surface area contributed by atoms with Crippen molar-refractivity contribution in [3.63, 3.8) is 0 Å². The molecule has 0 bridgehead atoms. The second-order valence-corrected chi connectivity index (χ2v) is 6.88. The van der Waals surface area contributed by atoms with Crippen LogP contribution in [0.15, 0.2) is 12.1 Å². The van der Waals surface area contributed by atoms with E-state index in [0.29, 0.717) is 19.6 Å². The van der Waals surface area contributed by atoms with Crippen molar-refractivity contribution in [2.45, 2.75) is 20.8 Å². The van der Waals surface area contributed by atoms with Crippen LogP contribution in [-0.2, 0) is 9.47 Å². The number of thiophene rings is 2. The summed E-state index contributed by atoms with van der Waals surface area (Å²) in [5, 5.41) is 0.332. The highest BCUT2D eigenvalue weighted by molar-refractivity contribution is 7.25. The summed E-state index contributed by atoms with van der Waals surface area (Å²) in [6, 6.07) is 3.21. The lowest BCUT2D eigenvalue weighted by atomic mass is 10.2. The normalized spacial score (nSPS) is 10.5. The van der Waals surface area contributed by atoms with Gasteiger partial charge in [-0.1, -0.05) is 0 Å². The predicted molar refractivity (Wildman–Crippen MR) is 94.0 cm³/mol. The van der Waals surface area contributed by atoms with E-state index in [4.69, 9.17) is 15.2 Å². The minimum absolute atomic E-state index is 0.218. The number of anilines is 1. The average Bonchev–Trinajstić information content (AvgIpc) is 3.11. The number of hydrogen-bond donors (Lipinski definition) is 1. The maximum atomic E-state index is 12.0. The highest BCUT2D eigenvalue weighted by Crippen LogP contribution is 2.39. The number of hydrogen-bond acceptors (Lipinski definition) is 8. The third-order valence-corrected chi connectivity index (χ3v) is 5.44. The van der Waals surface area contributed by atoms with Crippen LogP contribution in [0.4, 0.5) is 5.00 Å². The number of esters is 2. The van der Waals surface area contributed by atoms with Gasteiger partial charge in [0.25, 0.3) is 0 Å². The van der Waals surface area contributed by atoms with Crippen LogP contribution in [0.2, 0.25) is 0 Å². The minimum Gasteiger partial charge on any atom is -0.462 e. The van der Waals surface area contributed by atoms with E-state index in [1.165, 1.54) is 29.6 Å². The largest absolute Gasteiger partial charge is 0.462 e. The van der Waals surface area contributed by atoms with Gasteiger partial charge in [0.2, 0.25) is 0 Å². The fraction of sp³-hybridized carbons (Fsp3) is 0.312. The van der Waals surface area contributed by atoms with Crippen LogP contribution in [0, 0.1) is 0 Å². The zero-order chi connectivity index (χ0) is 17.9. The molecule has 0 unspecified atom stereocenters. The number of nitrogen functional groups attached to an aromatic ring is 1. The maximum Gasteiger partial charge on any atom is 0.341 e. The first-order valence-electron chi connectivity index (χ1n) is 7.27. The molecule has 0 radical (unpaired) electrons. The van der Waals surface area contributed by atoms with E-state index in [2.05, 4.69) is 0 Å². The molecule has 2 rings (SSSR count). The van der Waals surface area contributed by atoms with E-state index in [1.54, 1.807) is 26.0 Å². The summed E-state index contributed by atoms with van der Waals surface area (Å²) >= 11 is 2.38. The number of carbonyl (C=O) groups excluding carboxylic acids is 3. The molecule has 6 nitrogen and oxygen atoms in total. The first-order chi connectivity index (χ1) is 11.4. The molecule has 0 aromatic carbocycles. The smallest absolute Gasteiger partial charge is 0.341 e. The number of ketones is 1. The molecule has 0 aliphatic rings. The predicted octanol–water partition coefficient (Wildman–Crippen LogP) is 3.61. The Morgan fingerprint density at radius 3 is 2.00 bits per heavy atom. The van der Waals surface area contributed by atoms with E-state index in [0.717, 1.165) is 0 Å². The molecule has 2 aromatic heterocycles. The van der Waals surface area contributed by atoms with Gasteiger partial charge in [0, 0.05) is 9.75 Å². The SMILES string of the molecule is CCOC(=O)c1cc(-c2cc(C(=O)OCC)c(C(C)=O)s2)sc1N. The molecular weight excluding hydrogens is 350 g/mol. The van der Waals surface area contributed by atoms with Crippen molar-refractivity contribution in [3.8, 4) is 9.75 Å².